The van der Waals surface area contributed by atoms with Crippen LogP contribution in [0.3, 0.4) is 0 Å². The molecule has 3 nitrogen and oxygen atoms in total. The minimum atomic E-state index is -0.442. The number of hydrogen-bond acceptors (Lipinski definition) is 3. The van der Waals surface area contributed by atoms with Crippen LogP contribution in [0.5, 0.6) is 0 Å². The first-order chi connectivity index (χ1) is 11.5. The van der Waals surface area contributed by atoms with Crippen molar-refractivity contribution in [2.24, 2.45) is 23.2 Å². The van der Waals surface area contributed by atoms with Crippen molar-refractivity contribution in [3.63, 3.8) is 0 Å². The van der Waals surface area contributed by atoms with Crippen LogP contribution in [-0.4, -0.2) is 26.3 Å². The average molecular weight is 341 g/mol. The smallest absolute Gasteiger partial charge is 0.314 e. The second-order valence-corrected chi connectivity index (χ2v) is 8.18. The second kappa shape index (κ2) is 11.1. The Morgan fingerprint density at radius 3 is 2.38 bits per heavy atom. The second-order valence-electron chi connectivity index (χ2n) is 8.18. The van der Waals surface area contributed by atoms with Crippen LogP contribution < -0.4 is 0 Å². The molecule has 0 heterocycles. The maximum absolute atomic E-state index is 13.2. The molecule has 0 amide bonds. The van der Waals surface area contributed by atoms with Gasteiger partial charge in [-0.3, -0.25) is 4.79 Å². The molecule has 2 atom stereocenters. The van der Waals surface area contributed by atoms with E-state index in [1.807, 2.05) is 0 Å². The van der Waals surface area contributed by atoms with Gasteiger partial charge < -0.3 is 9.47 Å². The molecular weight excluding hydrogens is 300 g/mol. The summed E-state index contributed by atoms with van der Waals surface area (Å²) in [5.74, 6) is 1.38. The lowest BCUT2D eigenvalue weighted by molar-refractivity contribution is -0.167. The summed E-state index contributed by atoms with van der Waals surface area (Å²) >= 11 is 0. The van der Waals surface area contributed by atoms with Gasteiger partial charge in [0.05, 0.1) is 18.6 Å². The zero-order valence-corrected chi connectivity index (χ0v) is 16.7. The van der Waals surface area contributed by atoms with E-state index in [4.69, 9.17) is 9.47 Å². The topological polar surface area (TPSA) is 35.5 Å². The first-order valence-electron chi connectivity index (χ1n) is 10.2. The molecule has 2 unspecified atom stereocenters. The Hall–Kier alpha value is -0.570. The van der Waals surface area contributed by atoms with Gasteiger partial charge in [-0.2, -0.15) is 0 Å². The highest BCUT2D eigenvalue weighted by atomic mass is 16.5. The summed E-state index contributed by atoms with van der Waals surface area (Å²) in [4.78, 5) is 13.2. The fourth-order valence-electron chi connectivity index (χ4n) is 4.35. The van der Waals surface area contributed by atoms with Gasteiger partial charge in [0.2, 0.25) is 0 Å². The molecule has 1 rings (SSSR count). The van der Waals surface area contributed by atoms with Crippen LogP contribution in [0.2, 0.25) is 0 Å². The van der Waals surface area contributed by atoms with E-state index in [9.17, 15) is 4.79 Å². The van der Waals surface area contributed by atoms with Crippen molar-refractivity contribution < 1.29 is 14.3 Å². The van der Waals surface area contributed by atoms with E-state index < -0.39 is 5.41 Å². The van der Waals surface area contributed by atoms with Crippen molar-refractivity contribution >= 4 is 5.97 Å². The molecular formula is C21H40O3. The Morgan fingerprint density at radius 2 is 1.88 bits per heavy atom. The maximum Gasteiger partial charge on any atom is 0.314 e. The maximum atomic E-state index is 13.2. The predicted octanol–water partition coefficient (Wildman–Crippen LogP) is 5.62. The zero-order valence-electron chi connectivity index (χ0n) is 16.7. The molecule has 0 aromatic rings. The molecule has 1 aliphatic carbocycles. The summed E-state index contributed by atoms with van der Waals surface area (Å²) in [6.07, 6.45) is 10.3. The van der Waals surface area contributed by atoms with Crippen molar-refractivity contribution in [3.05, 3.63) is 0 Å². The van der Waals surface area contributed by atoms with E-state index in [0.29, 0.717) is 31.0 Å². The number of unbranched alkanes of at least 4 members (excludes halogenated alkanes) is 1. The normalized spacial score (nSPS) is 19.4. The van der Waals surface area contributed by atoms with Gasteiger partial charge in [0.25, 0.3) is 0 Å². The number of esters is 1. The molecule has 24 heavy (non-hydrogen) atoms. The number of carbonyl (C=O) groups is 1. The lowest BCUT2D eigenvalue weighted by Crippen LogP contribution is -2.44. The highest BCUT2D eigenvalue weighted by Gasteiger charge is 2.48. The SMILES string of the molecule is CCCCC(CC)COC(=O)C(COC)(CC(C)C)C1CCCC1. The lowest BCUT2D eigenvalue weighted by Gasteiger charge is -2.38. The van der Waals surface area contributed by atoms with E-state index in [-0.39, 0.29) is 5.97 Å². The molecule has 1 saturated carbocycles. The van der Waals surface area contributed by atoms with Gasteiger partial charge in [0.15, 0.2) is 0 Å². The largest absolute Gasteiger partial charge is 0.465 e. The van der Waals surface area contributed by atoms with Crippen molar-refractivity contribution in [1.82, 2.24) is 0 Å². The van der Waals surface area contributed by atoms with E-state index in [2.05, 4.69) is 27.7 Å². The molecule has 0 saturated heterocycles. The minimum absolute atomic E-state index is 0.0000940. The molecule has 0 bridgehead atoms. The van der Waals surface area contributed by atoms with Crippen LogP contribution >= 0.6 is 0 Å². The van der Waals surface area contributed by atoms with Crippen LogP contribution in [-0.2, 0) is 14.3 Å². The summed E-state index contributed by atoms with van der Waals surface area (Å²) in [6, 6.07) is 0. The van der Waals surface area contributed by atoms with E-state index in [1.54, 1.807) is 7.11 Å². The van der Waals surface area contributed by atoms with Crippen LogP contribution in [0.1, 0.15) is 85.5 Å². The molecule has 142 valence electrons. The van der Waals surface area contributed by atoms with E-state index in [0.717, 1.165) is 32.1 Å². The monoisotopic (exact) mass is 340 g/mol. The molecule has 1 fully saturated rings. The van der Waals surface area contributed by atoms with Crippen molar-refractivity contribution in [2.75, 3.05) is 20.3 Å². The molecule has 1 aliphatic rings. The third-order valence-corrected chi connectivity index (χ3v) is 5.71. The molecule has 0 aromatic carbocycles. The van der Waals surface area contributed by atoms with Gasteiger partial charge in [-0.25, -0.2) is 0 Å². The number of carbonyl (C=O) groups excluding carboxylic acids is 1. The summed E-state index contributed by atoms with van der Waals surface area (Å²) in [5.41, 5.74) is -0.442. The van der Waals surface area contributed by atoms with Crippen molar-refractivity contribution in [3.8, 4) is 0 Å². The summed E-state index contributed by atoms with van der Waals surface area (Å²) in [5, 5.41) is 0. The fourth-order valence-corrected chi connectivity index (χ4v) is 4.35. The molecule has 0 radical (unpaired) electrons. The first kappa shape index (κ1) is 21.5. The van der Waals surface area contributed by atoms with Gasteiger partial charge in [-0.15, -0.1) is 0 Å². The number of ether oxygens (including phenoxy) is 2. The standard InChI is InChI=1S/C21H40O3/c1-6-8-11-18(7-2)15-24-20(22)21(16-23-5,14-17(3)4)19-12-9-10-13-19/h17-19H,6-16H2,1-5H3. The van der Waals surface area contributed by atoms with Crippen LogP contribution in [0.4, 0.5) is 0 Å². The van der Waals surface area contributed by atoms with Crippen LogP contribution in [0, 0.1) is 23.2 Å². The number of rotatable bonds is 12. The summed E-state index contributed by atoms with van der Waals surface area (Å²) in [6.45, 7) is 9.88. The summed E-state index contributed by atoms with van der Waals surface area (Å²) in [7, 11) is 1.72. The molecule has 0 spiro atoms. The lowest BCUT2D eigenvalue weighted by atomic mass is 9.69. The van der Waals surface area contributed by atoms with Gasteiger partial charge in [-0.05, 0) is 43.4 Å². The Morgan fingerprint density at radius 1 is 1.21 bits per heavy atom. The van der Waals surface area contributed by atoms with Crippen LogP contribution in [0.25, 0.3) is 0 Å². The molecule has 0 N–H and O–H groups in total. The van der Waals surface area contributed by atoms with Gasteiger partial charge in [0.1, 0.15) is 0 Å². The third-order valence-electron chi connectivity index (χ3n) is 5.71. The minimum Gasteiger partial charge on any atom is -0.465 e. The van der Waals surface area contributed by atoms with Gasteiger partial charge in [-0.1, -0.05) is 59.8 Å². The van der Waals surface area contributed by atoms with Gasteiger partial charge >= 0.3 is 5.97 Å². The number of methoxy groups -OCH3 is 1. The molecule has 3 heteroatoms. The Labute approximate surface area is 149 Å². The van der Waals surface area contributed by atoms with Crippen molar-refractivity contribution in [2.45, 2.75) is 85.5 Å². The fraction of sp³-hybridized carbons (Fsp3) is 0.952. The third kappa shape index (κ3) is 6.06. The first-order valence-corrected chi connectivity index (χ1v) is 10.2. The Bertz CT molecular complexity index is 347. The van der Waals surface area contributed by atoms with Gasteiger partial charge in [0, 0.05) is 7.11 Å². The molecule has 0 aromatic heterocycles. The molecule has 0 aliphatic heterocycles. The van der Waals surface area contributed by atoms with E-state index in [1.165, 1.54) is 25.7 Å². The highest BCUT2D eigenvalue weighted by molar-refractivity contribution is 5.77. The van der Waals surface area contributed by atoms with E-state index >= 15 is 0 Å². The average Bonchev–Trinajstić information content (AvgIpc) is 3.08. The zero-order chi connectivity index (χ0) is 18.0. The highest BCUT2D eigenvalue weighted by Crippen LogP contribution is 2.45. The van der Waals surface area contributed by atoms with Crippen LogP contribution in [0.15, 0.2) is 0 Å². The van der Waals surface area contributed by atoms with Crippen molar-refractivity contribution in [1.29, 1.82) is 0 Å². The summed E-state index contributed by atoms with van der Waals surface area (Å²) < 4.78 is 11.4. The quantitative estimate of drug-likeness (QED) is 0.433. The Kier molecular flexibility index (Phi) is 9.95. The number of hydrogen-bond donors (Lipinski definition) is 0. The predicted molar refractivity (Wildman–Crippen MR) is 100.0 cm³/mol. The Balaban J connectivity index is 2.81.